The van der Waals surface area contributed by atoms with E-state index in [0.717, 1.165) is 19.3 Å². The van der Waals surface area contributed by atoms with E-state index in [1.54, 1.807) is 24.3 Å². The number of rotatable bonds is 5. The molecule has 4 nitrogen and oxygen atoms in total. The van der Waals surface area contributed by atoms with E-state index in [1.807, 2.05) is 6.07 Å². The third-order valence-electron chi connectivity index (χ3n) is 4.52. The Morgan fingerprint density at radius 1 is 1.29 bits per heavy atom. The number of sulfonamides is 1. The molecular weight excluding hydrogens is 284 g/mol. The molecule has 0 radical (unpaired) electrons. The highest BCUT2D eigenvalue weighted by molar-refractivity contribution is 7.88. The molecule has 3 atom stereocenters. The second-order valence-electron chi connectivity index (χ2n) is 5.90. The molecule has 0 aliphatic heterocycles. The maximum absolute atomic E-state index is 12.3. The highest BCUT2D eigenvalue weighted by atomic mass is 32.2. The van der Waals surface area contributed by atoms with Crippen molar-refractivity contribution in [3.8, 4) is 6.07 Å². The monoisotopic (exact) mass is 306 g/mol. The third kappa shape index (κ3) is 4.05. The summed E-state index contributed by atoms with van der Waals surface area (Å²) in [5.74, 6) is 0.983. The molecule has 1 saturated carbocycles. The molecule has 0 amide bonds. The van der Waals surface area contributed by atoms with Gasteiger partial charge in [-0.05, 0) is 42.4 Å². The van der Waals surface area contributed by atoms with Gasteiger partial charge in [-0.15, -0.1) is 0 Å². The number of nitriles is 1. The van der Waals surface area contributed by atoms with Gasteiger partial charge in [0.1, 0.15) is 0 Å². The molecule has 3 unspecified atom stereocenters. The summed E-state index contributed by atoms with van der Waals surface area (Å²) in [6.45, 7) is 4.30. The molecule has 0 bridgehead atoms. The average molecular weight is 306 g/mol. The summed E-state index contributed by atoms with van der Waals surface area (Å²) < 4.78 is 27.4. The first kappa shape index (κ1) is 16.0. The molecule has 1 N–H and O–H groups in total. The van der Waals surface area contributed by atoms with Gasteiger partial charge in [0.25, 0.3) is 0 Å². The minimum atomic E-state index is -3.34. The van der Waals surface area contributed by atoms with Gasteiger partial charge in [0.05, 0.1) is 17.4 Å². The summed E-state index contributed by atoms with van der Waals surface area (Å²) in [4.78, 5) is 0. The van der Waals surface area contributed by atoms with Crippen LogP contribution < -0.4 is 4.72 Å². The van der Waals surface area contributed by atoms with Crippen molar-refractivity contribution in [2.75, 3.05) is 0 Å². The highest BCUT2D eigenvalue weighted by Crippen LogP contribution is 2.34. The average Bonchev–Trinajstić information content (AvgIpc) is 2.79. The van der Waals surface area contributed by atoms with Crippen LogP contribution in [0.1, 0.15) is 44.2 Å². The van der Waals surface area contributed by atoms with Crippen LogP contribution in [0.15, 0.2) is 24.3 Å². The van der Waals surface area contributed by atoms with Crippen LogP contribution in [-0.2, 0) is 15.8 Å². The van der Waals surface area contributed by atoms with Crippen LogP contribution in [0, 0.1) is 23.2 Å². The minimum absolute atomic E-state index is 0.0290. The Balaban J connectivity index is 2.00. The summed E-state index contributed by atoms with van der Waals surface area (Å²) in [6.07, 6.45) is 3.13. The van der Waals surface area contributed by atoms with Crippen molar-refractivity contribution < 1.29 is 8.42 Å². The van der Waals surface area contributed by atoms with E-state index in [2.05, 4.69) is 18.6 Å². The van der Waals surface area contributed by atoms with Crippen LogP contribution in [0.2, 0.25) is 0 Å². The minimum Gasteiger partial charge on any atom is -0.212 e. The lowest BCUT2D eigenvalue weighted by Gasteiger charge is -2.21. The van der Waals surface area contributed by atoms with Crippen LogP contribution in [0.5, 0.6) is 0 Å². The van der Waals surface area contributed by atoms with E-state index in [0.29, 0.717) is 23.0 Å². The molecule has 1 aromatic carbocycles. The van der Waals surface area contributed by atoms with E-state index >= 15 is 0 Å². The molecule has 21 heavy (non-hydrogen) atoms. The summed E-state index contributed by atoms with van der Waals surface area (Å²) in [5, 5.41) is 8.75. The zero-order valence-corrected chi connectivity index (χ0v) is 13.4. The summed E-state index contributed by atoms with van der Waals surface area (Å²) >= 11 is 0. The van der Waals surface area contributed by atoms with Crippen LogP contribution in [-0.4, -0.2) is 14.5 Å². The summed E-state index contributed by atoms with van der Waals surface area (Å²) in [6, 6.07) is 8.78. The second-order valence-corrected chi connectivity index (χ2v) is 7.65. The standard InChI is InChI=1S/C16H22N2O2S/c1-3-15-8-9-16(12(15)2)18-21(19,20)11-14-6-4-13(10-17)5-7-14/h4-7,12,15-16,18H,3,8-9,11H2,1-2H3. The fourth-order valence-electron chi connectivity index (χ4n) is 3.16. The van der Waals surface area contributed by atoms with Gasteiger partial charge in [-0.25, -0.2) is 13.1 Å². The molecule has 0 aromatic heterocycles. The van der Waals surface area contributed by atoms with Gasteiger partial charge in [-0.3, -0.25) is 0 Å². The van der Waals surface area contributed by atoms with Crippen molar-refractivity contribution in [3.05, 3.63) is 35.4 Å². The lowest BCUT2D eigenvalue weighted by Crippen LogP contribution is -2.38. The van der Waals surface area contributed by atoms with E-state index in [9.17, 15) is 8.42 Å². The molecule has 1 aromatic rings. The normalized spacial score (nSPS) is 25.7. The molecule has 1 aliphatic rings. The van der Waals surface area contributed by atoms with Crippen molar-refractivity contribution in [1.82, 2.24) is 4.72 Å². The molecule has 5 heteroatoms. The Hall–Kier alpha value is -1.38. The number of nitrogens with one attached hydrogen (secondary N) is 1. The van der Waals surface area contributed by atoms with Gasteiger partial charge in [-0.2, -0.15) is 5.26 Å². The molecule has 1 fully saturated rings. The Bertz CT molecular complexity index is 617. The second kappa shape index (κ2) is 6.59. The van der Waals surface area contributed by atoms with E-state index < -0.39 is 10.0 Å². The molecule has 0 saturated heterocycles. The third-order valence-corrected chi connectivity index (χ3v) is 5.90. The van der Waals surface area contributed by atoms with Crippen LogP contribution in [0.25, 0.3) is 0 Å². The van der Waals surface area contributed by atoms with Crippen molar-refractivity contribution in [1.29, 1.82) is 5.26 Å². The number of benzene rings is 1. The summed E-state index contributed by atoms with van der Waals surface area (Å²) in [7, 11) is -3.34. The molecule has 1 aliphatic carbocycles. The number of nitrogens with zero attached hydrogens (tertiary/aromatic N) is 1. The SMILES string of the molecule is CCC1CCC(NS(=O)(=O)Cc2ccc(C#N)cc2)C1C. The smallest absolute Gasteiger partial charge is 0.212 e. The lowest BCUT2D eigenvalue weighted by atomic mass is 9.94. The van der Waals surface area contributed by atoms with Crippen LogP contribution >= 0.6 is 0 Å². The van der Waals surface area contributed by atoms with Crippen LogP contribution in [0.3, 0.4) is 0 Å². The molecular formula is C16H22N2O2S. The largest absolute Gasteiger partial charge is 0.216 e. The molecule has 0 heterocycles. The Morgan fingerprint density at radius 3 is 2.48 bits per heavy atom. The van der Waals surface area contributed by atoms with Crippen molar-refractivity contribution in [2.24, 2.45) is 11.8 Å². The van der Waals surface area contributed by atoms with E-state index in [4.69, 9.17) is 5.26 Å². The number of hydrogen-bond acceptors (Lipinski definition) is 3. The summed E-state index contributed by atoms with van der Waals surface area (Å²) in [5.41, 5.74) is 1.25. The van der Waals surface area contributed by atoms with Crippen LogP contribution in [0.4, 0.5) is 0 Å². The molecule has 0 spiro atoms. The quantitative estimate of drug-likeness (QED) is 0.909. The zero-order valence-electron chi connectivity index (χ0n) is 12.5. The van der Waals surface area contributed by atoms with Crippen molar-refractivity contribution in [2.45, 2.75) is 44.9 Å². The van der Waals surface area contributed by atoms with Crippen molar-refractivity contribution in [3.63, 3.8) is 0 Å². The first-order valence-electron chi connectivity index (χ1n) is 7.44. The maximum atomic E-state index is 12.3. The molecule has 114 valence electrons. The maximum Gasteiger partial charge on any atom is 0.216 e. The molecule has 2 rings (SSSR count). The predicted molar refractivity (Wildman–Crippen MR) is 82.9 cm³/mol. The van der Waals surface area contributed by atoms with E-state index in [1.165, 1.54) is 0 Å². The Kier molecular flexibility index (Phi) is 5.02. The lowest BCUT2D eigenvalue weighted by molar-refractivity contribution is 0.368. The number of hydrogen-bond donors (Lipinski definition) is 1. The van der Waals surface area contributed by atoms with Gasteiger partial charge in [0.15, 0.2) is 0 Å². The van der Waals surface area contributed by atoms with Gasteiger partial charge in [0, 0.05) is 6.04 Å². The fourth-order valence-corrected chi connectivity index (χ4v) is 4.67. The Morgan fingerprint density at radius 2 is 1.95 bits per heavy atom. The van der Waals surface area contributed by atoms with Crippen molar-refractivity contribution >= 4 is 10.0 Å². The topological polar surface area (TPSA) is 70.0 Å². The van der Waals surface area contributed by atoms with Gasteiger partial charge in [0.2, 0.25) is 10.0 Å². The van der Waals surface area contributed by atoms with E-state index in [-0.39, 0.29) is 11.8 Å². The van der Waals surface area contributed by atoms with Gasteiger partial charge >= 0.3 is 0 Å². The first-order chi connectivity index (χ1) is 9.95. The Labute approximate surface area is 127 Å². The zero-order chi connectivity index (χ0) is 15.5. The predicted octanol–water partition coefficient (Wildman–Crippen LogP) is 2.80. The first-order valence-corrected chi connectivity index (χ1v) is 9.09. The van der Waals surface area contributed by atoms with Gasteiger partial charge in [-0.1, -0.05) is 32.4 Å². The highest BCUT2D eigenvalue weighted by Gasteiger charge is 2.33. The fraction of sp³-hybridized carbons (Fsp3) is 0.562. The van der Waals surface area contributed by atoms with Gasteiger partial charge < -0.3 is 0 Å².